The summed E-state index contributed by atoms with van der Waals surface area (Å²) in [4.78, 5) is 13.5. The van der Waals surface area contributed by atoms with Gasteiger partial charge in [-0.15, -0.1) is 0 Å². The van der Waals surface area contributed by atoms with E-state index in [1.807, 2.05) is 13.0 Å². The Morgan fingerprint density at radius 3 is 2.27 bits per heavy atom. The maximum atomic E-state index is 13.5. The summed E-state index contributed by atoms with van der Waals surface area (Å²) in [5.41, 5.74) is 1.06. The highest BCUT2D eigenvalue weighted by molar-refractivity contribution is 6.32. The minimum Gasteiger partial charge on any atom is -0.511 e. The van der Waals surface area contributed by atoms with Crippen LogP contribution in [-0.4, -0.2) is 10.9 Å². The third-order valence-electron chi connectivity index (χ3n) is 7.56. The summed E-state index contributed by atoms with van der Waals surface area (Å²) in [6, 6.07) is 8.14. The molecule has 0 aromatic heterocycles. The van der Waals surface area contributed by atoms with Crippen molar-refractivity contribution in [2.24, 2.45) is 23.7 Å². The van der Waals surface area contributed by atoms with E-state index in [2.05, 4.69) is 0 Å². The van der Waals surface area contributed by atoms with Crippen LogP contribution in [0.3, 0.4) is 0 Å². The van der Waals surface area contributed by atoms with Gasteiger partial charge >= 0.3 is 6.18 Å². The molecule has 1 N–H and O–H groups in total. The minimum absolute atomic E-state index is 0.00584. The van der Waals surface area contributed by atoms with Gasteiger partial charge in [-0.1, -0.05) is 24.6 Å². The molecule has 174 valence electrons. The number of hydrogen-bond donors (Lipinski definition) is 1. The number of ketones is 1. The predicted molar refractivity (Wildman–Crippen MR) is 119 cm³/mol. The summed E-state index contributed by atoms with van der Waals surface area (Å²) in [6.45, 7) is 1.97. The molecule has 2 atom stereocenters. The molecule has 0 radical (unpaired) electrons. The van der Waals surface area contributed by atoms with Crippen LogP contribution < -0.4 is 4.74 Å². The zero-order valence-corrected chi connectivity index (χ0v) is 18.8. The van der Waals surface area contributed by atoms with Gasteiger partial charge in [0.1, 0.15) is 17.3 Å². The lowest BCUT2D eigenvalue weighted by molar-refractivity contribution is -0.137. The first kappa shape index (κ1) is 22.3. The van der Waals surface area contributed by atoms with E-state index >= 15 is 0 Å². The number of hydrogen-bond acceptors (Lipinski definition) is 3. The lowest BCUT2D eigenvalue weighted by Gasteiger charge is -2.44. The van der Waals surface area contributed by atoms with Crippen LogP contribution in [0, 0.1) is 23.7 Å². The number of carbonyl (C=O) groups excluding carboxylic acids is 1. The smallest absolute Gasteiger partial charge is 0.416 e. The second kappa shape index (κ2) is 8.08. The number of carbonyl (C=O) groups is 1. The van der Waals surface area contributed by atoms with Gasteiger partial charge in [0.2, 0.25) is 0 Å². The maximum absolute atomic E-state index is 13.5. The van der Waals surface area contributed by atoms with Crippen LogP contribution in [0.2, 0.25) is 5.02 Å². The number of fused-ring (bicyclic) bond motifs is 2. The van der Waals surface area contributed by atoms with Gasteiger partial charge in [0.25, 0.3) is 0 Å². The summed E-state index contributed by atoms with van der Waals surface area (Å²) < 4.78 is 44.6. The van der Waals surface area contributed by atoms with Gasteiger partial charge in [-0.05, 0) is 85.4 Å². The van der Waals surface area contributed by atoms with Crippen molar-refractivity contribution in [1.82, 2.24) is 0 Å². The Morgan fingerprint density at radius 1 is 1.03 bits per heavy atom. The van der Waals surface area contributed by atoms with Crippen molar-refractivity contribution >= 4 is 23.0 Å². The molecule has 0 amide bonds. The maximum Gasteiger partial charge on any atom is 0.416 e. The molecule has 3 saturated carbocycles. The molecular formula is C26H24ClF3O3. The average molecular weight is 477 g/mol. The molecule has 3 nitrogen and oxygen atoms in total. The zero-order chi connectivity index (χ0) is 23.5. The quantitative estimate of drug-likeness (QED) is 0.493. The van der Waals surface area contributed by atoms with Crippen molar-refractivity contribution < 1.29 is 27.8 Å². The lowest BCUT2D eigenvalue weighted by atomic mass is 9.59. The number of rotatable bonds is 4. The number of benzene rings is 2. The van der Waals surface area contributed by atoms with E-state index in [9.17, 15) is 23.1 Å². The number of Topliss-reactive ketones (excluding diaryl/α,β-unsaturated/α-hetero) is 1. The monoisotopic (exact) mass is 476 g/mol. The molecule has 3 fully saturated rings. The molecule has 0 saturated heterocycles. The van der Waals surface area contributed by atoms with Crippen LogP contribution in [0.25, 0.3) is 5.57 Å². The number of alkyl halides is 3. The zero-order valence-electron chi connectivity index (χ0n) is 18.1. The molecule has 4 aliphatic carbocycles. The van der Waals surface area contributed by atoms with Crippen molar-refractivity contribution in [3.63, 3.8) is 0 Å². The van der Waals surface area contributed by atoms with Gasteiger partial charge in [0.15, 0.2) is 5.78 Å². The molecule has 6 rings (SSSR count). The van der Waals surface area contributed by atoms with Crippen LogP contribution in [-0.2, 0) is 17.4 Å². The van der Waals surface area contributed by atoms with E-state index in [0.29, 0.717) is 35.1 Å². The van der Waals surface area contributed by atoms with Crippen molar-refractivity contribution in [2.75, 3.05) is 0 Å². The molecular weight excluding hydrogens is 453 g/mol. The SMILES string of the molecule is CCc1ccc(Oc2ccc(C(F)(F)F)cc2Cl)cc1C1=C(O)C2C(C1=O)[C@H]1CC[C@@H]2CC1. The summed E-state index contributed by atoms with van der Waals surface area (Å²) in [7, 11) is 0. The fourth-order valence-electron chi connectivity index (χ4n) is 6.00. The molecule has 2 aromatic carbocycles. The van der Waals surface area contributed by atoms with Crippen LogP contribution in [0.4, 0.5) is 13.2 Å². The van der Waals surface area contributed by atoms with Gasteiger partial charge in [0, 0.05) is 11.8 Å². The molecule has 2 bridgehead atoms. The lowest BCUT2D eigenvalue weighted by Crippen LogP contribution is -2.41. The Kier molecular flexibility index (Phi) is 5.47. The summed E-state index contributed by atoms with van der Waals surface area (Å²) in [5.74, 6) is 1.05. The highest BCUT2D eigenvalue weighted by Gasteiger charge is 2.54. The second-order valence-corrected chi connectivity index (χ2v) is 9.68. The standard InChI is InChI=1S/C26H24ClF3O3/c1-2-13-7-9-17(33-20-10-8-16(11-19(20)27)26(28,29)30)12-18(13)23-24(31)21-14-3-4-15(6-5-14)22(21)25(23)32/h7-12,14-15,21-22,31H,2-6H2,1H3/t14-,15+,21?,22?. The van der Waals surface area contributed by atoms with Crippen molar-refractivity contribution in [2.45, 2.75) is 45.2 Å². The molecule has 7 heteroatoms. The van der Waals surface area contributed by atoms with Gasteiger partial charge in [-0.25, -0.2) is 0 Å². The highest BCUT2D eigenvalue weighted by Crippen LogP contribution is 2.57. The van der Waals surface area contributed by atoms with Crippen molar-refractivity contribution in [3.8, 4) is 11.5 Å². The van der Waals surface area contributed by atoms with Gasteiger partial charge in [-0.3, -0.25) is 4.79 Å². The normalized spacial score (nSPS) is 26.6. The summed E-state index contributed by atoms with van der Waals surface area (Å²) in [5, 5.41) is 11.0. The number of ether oxygens (including phenoxy) is 1. The first-order valence-electron chi connectivity index (χ1n) is 11.3. The largest absolute Gasteiger partial charge is 0.511 e. The van der Waals surface area contributed by atoms with E-state index in [-0.39, 0.29) is 34.2 Å². The van der Waals surface area contributed by atoms with E-state index in [0.717, 1.165) is 43.4 Å². The highest BCUT2D eigenvalue weighted by atomic mass is 35.5. The molecule has 2 aromatic rings. The Bertz CT molecular complexity index is 1150. The second-order valence-electron chi connectivity index (χ2n) is 9.27. The van der Waals surface area contributed by atoms with E-state index in [1.54, 1.807) is 12.1 Å². The molecule has 0 heterocycles. The minimum atomic E-state index is -4.50. The summed E-state index contributed by atoms with van der Waals surface area (Å²) in [6.07, 6.45) is 0.325. The molecule has 2 unspecified atom stereocenters. The van der Waals surface area contributed by atoms with Gasteiger partial charge in [0.05, 0.1) is 16.2 Å². The van der Waals surface area contributed by atoms with Crippen molar-refractivity contribution in [1.29, 1.82) is 0 Å². The van der Waals surface area contributed by atoms with Crippen LogP contribution >= 0.6 is 11.6 Å². The number of aryl methyl sites for hydroxylation is 1. The number of aliphatic hydroxyl groups is 1. The molecule has 4 aliphatic rings. The first-order chi connectivity index (χ1) is 15.7. The summed E-state index contributed by atoms with van der Waals surface area (Å²) >= 11 is 6.05. The Morgan fingerprint density at radius 2 is 1.70 bits per heavy atom. The fraction of sp³-hybridized carbons (Fsp3) is 0.423. The van der Waals surface area contributed by atoms with E-state index in [4.69, 9.17) is 16.3 Å². The number of halogens is 4. The molecule has 33 heavy (non-hydrogen) atoms. The van der Waals surface area contributed by atoms with E-state index in [1.165, 1.54) is 6.07 Å². The van der Waals surface area contributed by atoms with Crippen LogP contribution in [0.15, 0.2) is 42.2 Å². The topological polar surface area (TPSA) is 46.5 Å². The Labute approximate surface area is 195 Å². The fourth-order valence-corrected chi connectivity index (χ4v) is 6.22. The number of aliphatic hydroxyl groups excluding tert-OH is 1. The van der Waals surface area contributed by atoms with Gasteiger partial charge in [-0.2, -0.15) is 13.2 Å². The van der Waals surface area contributed by atoms with Crippen molar-refractivity contribution in [3.05, 3.63) is 63.9 Å². The molecule has 0 aliphatic heterocycles. The third kappa shape index (κ3) is 3.72. The predicted octanol–water partition coefficient (Wildman–Crippen LogP) is 7.62. The third-order valence-corrected chi connectivity index (χ3v) is 7.85. The van der Waals surface area contributed by atoms with Gasteiger partial charge < -0.3 is 9.84 Å². The average Bonchev–Trinajstić information content (AvgIpc) is 3.07. The Balaban J connectivity index is 1.51. The van der Waals surface area contributed by atoms with Crippen LogP contribution in [0.1, 0.15) is 49.3 Å². The first-order valence-corrected chi connectivity index (χ1v) is 11.7. The van der Waals surface area contributed by atoms with Crippen LogP contribution in [0.5, 0.6) is 11.5 Å². The van der Waals surface area contributed by atoms with E-state index < -0.39 is 11.7 Å². The number of allylic oxidation sites excluding steroid dienone is 2. The Hall–Kier alpha value is -2.47. The molecule has 0 spiro atoms.